The summed E-state index contributed by atoms with van der Waals surface area (Å²) in [5.74, 6) is -2.29. The van der Waals surface area contributed by atoms with Crippen LogP contribution in [0.3, 0.4) is 0 Å². The number of carbonyl (C=O) groups is 3. The molecule has 1 saturated heterocycles. The van der Waals surface area contributed by atoms with Gasteiger partial charge in [-0.15, -0.1) is 0 Å². The zero-order valence-corrected chi connectivity index (χ0v) is 18.2. The lowest BCUT2D eigenvalue weighted by Crippen LogP contribution is -2.49. The number of nitrogens with one attached hydrogen (secondary N) is 2. The molecule has 2 amide bonds. The molecule has 166 valence electrons. The lowest BCUT2D eigenvalue weighted by atomic mass is 9.94. The largest absolute Gasteiger partial charge is 0.480 e. The van der Waals surface area contributed by atoms with Gasteiger partial charge in [0, 0.05) is 31.6 Å². The first-order valence-electron chi connectivity index (χ1n) is 9.97. The number of hydrogen-bond donors (Lipinski definition) is 3. The molecule has 10 heteroatoms. The Morgan fingerprint density at radius 3 is 2.20 bits per heavy atom. The van der Waals surface area contributed by atoms with Crippen LogP contribution in [0.2, 0.25) is 0 Å². The maximum absolute atomic E-state index is 12.9. The van der Waals surface area contributed by atoms with Crippen molar-refractivity contribution < 1.29 is 27.9 Å². The number of carboxylic acids is 1. The molecular formula is C20H29N3O6S. The number of sulfonamides is 1. The molecule has 30 heavy (non-hydrogen) atoms. The van der Waals surface area contributed by atoms with E-state index in [1.807, 2.05) is 6.92 Å². The van der Waals surface area contributed by atoms with Gasteiger partial charge in [0.1, 0.15) is 6.04 Å². The highest BCUT2D eigenvalue weighted by molar-refractivity contribution is 7.89. The maximum atomic E-state index is 12.9. The lowest BCUT2D eigenvalue weighted by molar-refractivity contribution is -0.144. The second-order valence-electron chi connectivity index (χ2n) is 7.59. The van der Waals surface area contributed by atoms with Gasteiger partial charge in [0.05, 0.1) is 4.90 Å². The van der Waals surface area contributed by atoms with Crippen LogP contribution in [0.4, 0.5) is 5.69 Å². The summed E-state index contributed by atoms with van der Waals surface area (Å²) in [6.07, 6.45) is 1.26. The average Bonchev–Trinajstić information content (AvgIpc) is 2.71. The minimum Gasteiger partial charge on any atom is -0.480 e. The number of nitrogens with zero attached hydrogens (tertiary/aromatic N) is 1. The van der Waals surface area contributed by atoms with Crippen LogP contribution in [0.15, 0.2) is 29.2 Å². The Morgan fingerprint density at radius 2 is 1.73 bits per heavy atom. The summed E-state index contributed by atoms with van der Waals surface area (Å²) in [6.45, 7) is 5.35. The highest BCUT2D eigenvalue weighted by Gasteiger charge is 2.34. The molecule has 0 spiro atoms. The summed E-state index contributed by atoms with van der Waals surface area (Å²) >= 11 is 0. The molecule has 0 radical (unpaired) electrons. The number of benzene rings is 1. The van der Waals surface area contributed by atoms with Gasteiger partial charge in [0.25, 0.3) is 0 Å². The van der Waals surface area contributed by atoms with Crippen molar-refractivity contribution in [3.8, 4) is 0 Å². The van der Waals surface area contributed by atoms with Crippen molar-refractivity contribution in [2.45, 2.75) is 51.0 Å². The highest BCUT2D eigenvalue weighted by Crippen LogP contribution is 2.25. The molecule has 0 bridgehead atoms. The molecule has 1 fully saturated rings. The van der Waals surface area contributed by atoms with E-state index in [-0.39, 0.29) is 35.7 Å². The second-order valence-corrected chi connectivity index (χ2v) is 9.53. The number of anilines is 1. The van der Waals surface area contributed by atoms with Crippen molar-refractivity contribution in [3.63, 3.8) is 0 Å². The first-order chi connectivity index (χ1) is 14.1. The molecule has 3 N–H and O–H groups in total. The number of hydrogen-bond acceptors (Lipinski definition) is 5. The van der Waals surface area contributed by atoms with Gasteiger partial charge in [0.15, 0.2) is 0 Å². The van der Waals surface area contributed by atoms with Crippen LogP contribution in [0.5, 0.6) is 0 Å². The lowest BCUT2D eigenvalue weighted by Gasteiger charge is -2.31. The number of piperidine rings is 1. The standard InChI is InChI=1S/C20H29N3O6S/c1-4-13(2)18(20(26)27)22-19(25)15-9-11-23(12-10-15)30(28,29)17-7-5-16(6-8-17)21-14(3)24/h5-8,13,15,18H,4,9-12H2,1-3H3,(H,21,24)(H,22,25)(H,26,27)/t13-,18-/m0/s1. The van der Waals surface area contributed by atoms with Crippen molar-refractivity contribution in [3.05, 3.63) is 24.3 Å². The van der Waals surface area contributed by atoms with E-state index in [0.717, 1.165) is 0 Å². The Labute approximate surface area is 176 Å². The average molecular weight is 440 g/mol. The molecule has 1 aromatic rings. The van der Waals surface area contributed by atoms with Gasteiger partial charge in [-0.05, 0) is 43.0 Å². The summed E-state index contributed by atoms with van der Waals surface area (Å²) in [4.78, 5) is 35.1. The first-order valence-corrected chi connectivity index (χ1v) is 11.4. The van der Waals surface area contributed by atoms with Gasteiger partial charge >= 0.3 is 5.97 Å². The summed E-state index contributed by atoms with van der Waals surface area (Å²) in [6, 6.07) is 4.96. The van der Waals surface area contributed by atoms with Crippen molar-refractivity contribution in [1.82, 2.24) is 9.62 Å². The van der Waals surface area contributed by atoms with Gasteiger partial charge in [-0.25, -0.2) is 13.2 Å². The molecule has 1 aromatic carbocycles. The molecule has 9 nitrogen and oxygen atoms in total. The minimum absolute atomic E-state index is 0.113. The van der Waals surface area contributed by atoms with Gasteiger partial charge in [-0.3, -0.25) is 9.59 Å². The predicted octanol–water partition coefficient (Wildman–Crippen LogP) is 1.66. The van der Waals surface area contributed by atoms with Gasteiger partial charge in [-0.2, -0.15) is 4.31 Å². The summed E-state index contributed by atoms with van der Waals surface area (Å²) in [5, 5.41) is 14.5. The van der Waals surface area contributed by atoms with Gasteiger partial charge < -0.3 is 15.7 Å². The third-order valence-corrected chi connectivity index (χ3v) is 7.33. The fourth-order valence-corrected chi connectivity index (χ4v) is 4.84. The fraction of sp³-hybridized carbons (Fsp3) is 0.550. The number of rotatable bonds is 8. The Hall–Kier alpha value is -2.46. The number of amides is 2. The Bertz CT molecular complexity index is 876. The highest BCUT2D eigenvalue weighted by atomic mass is 32.2. The Morgan fingerprint density at radius 1 is 1.17 bits per heavy atom. The molecule has 1 aliphatic rings. The van der Waals surface area contributed by atoms with Crippen LogP contribution in [0, 0.1) is 11.8 Å². The third kappa shape index (κ3) is 5.79. The Balaban J connectivity index is 1.99. The van der Waals surface area contributed by atoms with E-state index in [2.05, 4.69) is 10.6 Å². The van der Waals surface area contributed by atoms with E-state index in [1.54, 1.807) is 6.92 Å². The van der Waals surface area contributed by atoms with E-state index in [0.29, 0.717) is 24.9 Å². The van der Waals surface area contributed by atoms with Crippen LogP contribution < -0.4 is 10.6 Å². The SMILES string of the molecule is CC[C@H](C)[C@H](NC(=O)C1CCN(S(=O)(=O)c2ccc(NC(C)=O)cc2)CC1)C(=O)O. The van der Waals surface area contributed by atoms with Crippen LogP contribution in [0.25, 0.3) is 0 Å². The van der Waals surface area contributed by atoms with Crippen molar-refractivity contribution in [2.24, 2.45) is 11.8 Å². The molecule has 0 aromatic heterocycles. The summed E-state index contributed by atoms with van der Waals surface area (Å²) < 4.78 is 27.0. The van der Waals surface area contributed by atoms with Crippen LogP contribution >= 0.6 is 0 Å². The minimum atomic E-state index is -3.72. The van der Waals surface area contributed by atoms with E-state index in [9.17, 15) is 27.9 Å². The molecule has 0 saturated carbocycles. The summed E-state index contributed by atoms with van der Waals surface area (Å²) in [7, 11) is -3.72. The predicted molar refractivity (Wildman–Crippen MR) is 111 cm³/mol. The van der Waals surface area contributed by atoms with Gasteiger partial charge in [-0.1, -0.05) is 20.3 Å². The van der Waals surface area contributed by atoms with Crippen LogP contribution in [0.1, 0.15) is 40.0 Å². The molecule has 2 atom stereocenters. The first kappa shape index (κ1) is 23.8. The van der Waals surface area contributed by atoms with E-state index in [1.165, 1.54) is 35.5 Å². The fourth-order valence-electron chi connectivity index (χ4n) is 3.38. The van der Waals surface area contributed by atoms with Crippen LogP contribution in [-0.2, 0) is 24.4 Å². The van der Waals surface area contributed by atoms with E-state index >= 15 is 0 Å². The Kier molecular flexibility index (Phi) is 7.96. The van der Waals surface area contributed by atoms with Crippen molar-refractivity contribution in [1.29, 1.82) is 0 Å². The number of aliphatic carboxylic acids is 1. The van der Waals surface area contributed by atoms with Gasteiger partial charge in [0.2, 0.25) is 21.8 Å². The molecule has 0 aliphatic carbocycles. The van der Waals surface area contributed by atoms with Crippen molar-refractivity contribution >= 4 is 33.5 Å². The van der Waals surface area contributed by atoms with Crippen molar-refractivity contribution in [2.75, 3.05) is 18.4 Å². The van der Waals surface area contributed by atoms with E-state index < -0.39 is 28.0 Å². The second kappa shape index (κ2) is 10.0. The molecular weight excluding hydrogens is 410 g/mol. The zero-order chi connectivity index (χ0) is 22.5. The topological polar surface area (TPSA) is 133 Å². The molecule has 2 rings (SSSR count). The zero-order valence-electron chi connectivity index (χ0n) is 17.4. The molecule has 1 aliphatic heterocycles. The van der Waals surface area contributed by atoms with Crippen LogP contribution in [-0.4, -0.2) is 54.7 Å². The molecule has 1 heterocycles. The third-order valence-electron chi connectivity index (χ3n) is 5.41. The molecule has 0 unspecified atom stereocenters. The van der Waals surface area contributed by atoms with E-state index in [4.69, 9.17) is 0 Å². The normalized spacial score (nSPS) is 17.7. The quantitative estimate of drug-likeness (QED) is 0.564. The smallest absolute Gasteiger partial charge is 0.326 e. The number of carbonyl (C=O) groups excluding carboxylic acids is 2. The number of carboxylic acid groups (broad SMARTS) is 1. The summed E-state index contributed by atoms with van der Waals surface area (Å²) in [5.41, 5.74) is 0.506. The monoisotopic (exact) mass is 439 g/mol. The maximum Gasteiger partial charge on any atom is 0.326 e.